The predicted molar refractivity (Wildman–Crippen MR) is 79.9 cm³/mol. The Kier molecular flexibility index (Phi) is 4.80. The Bertz CT molecular complexity index is 572. The van der Waals surface area contributed by atoms with Gasteiger partial charge < -0.3 is 10.6 Å². The van der Waals surface area contributed by atoms with Gasteiger partial charge in [0.15, 0.2) is 0 Å². The second-order valence-electron chi connectivity index (χ2n) is 5.42. The van der Waals surface area contributed by atoms with Crippen LogP contribution < -0.4 is 10.5 Å². The van der Waals surface area contributed by atoms with Crippen molar-refractivity contribution in [1.82, 2.24) is 9.62 Å². The molecular weight excluding hydrogens is 274 g/mol. The van der Waals surface area contributed by atoms with Crippen LogP contribution >= 0.6 is 0 Å². The third-order valence-electron chi connectivity index (χ3n) is 4.02. The standard InChI is InChI=1S/C14H23N3O2S/c1-11-8-14(6-5-12(11)9-15)20(18,19)16-10-13-4-3-7-17(13)2/h5-6,8,13,16H,3-4,7,9-10,15H2,1-2H3. The molecule has 3 N–H and O–H groups in total. The molecule has 1 aliphatic heterocycles. The first kappa shape index (κ1) is 15.4. The molecule has 6 heteroatoms. The average Bonchev–Trinajstić information content (AvgIpc) is 2.82. The zero-order chi connectivity index (χ0) is 14.8. The van der Waals surface area contributed by atoms with Crippen LogP contribution in [0.25, 0.3) is 0 Å². The van der Waals surface area contributed by atoms with Crippen LogP contribution in [0.4, 0.5) is 0 Å². The zero-order valence-corrected chi connectivity index (χ0v) is 12.9. The Morgan fingerprint density at radius 3 is 2.75 bits per heavy atom. The van der Waals surface area contributed by atoms with E-state index in [0.29, 0.717) is 24.0 Å². The van der Waals surface area contributed by atoms with Crippen molar-refractivity contribution in [2.75, 3.05) is 20.1 Å². The van der Waals surface area contributed by atoms with E-state index in [2.05, 4.69) is 9.62 Å². The maximum atomic E-state index is 12.3. The molecule has 5 nitrogen and oxygen atoms in total. The molecule has 1 unspecified atom stereocenters. The summed E-state index contributed by atoms with van der Waals surface area (Å²) < 4.78 is 27.3. The van der Waals surface area contributed by atoms with Gasteiger partial charge in [-0.3, -0.25) is 0 Å². The van der Waals surface area contributed by atoms with E-state index in [0.717, 1.165) is 30.5 Å². The van der Waals surface area contributed by atoms with Gasteiger partial charge in [-0.1, -0.05) is 6.07 Å². The van der Waals surface area contributed by atoms with E-state index in [-0.39, 0.29) is 0 Å². The number of rotatable bonds is 5. The number of benzene rings is 1. The lowest BCUT2D eigenvalue weighted by atomic mass is 10.1. The lowest BCUT2D eigenvalue weighted by Crippen LogP contribution is -2.38. The van der Waals surface area contributed by atoms with Crippen LogP contribution in [0.15, 0.2) is 23.1 Å². The topological polar surface area (TPSA) is 75.4 Å². The average molecular weight is 297 g/mol. The van der Waals surface area contributed by atoms with Crippen molar-refractivity contribution in [3.05, 3.63) is 29.3 Å². The van der Waals surface area contributed by atoms with Gasteiger partial charge in [0.05, 0.1) is 4.90 Å². The first-order valence-electron chi connectivity index (χ1n) is 6.93. The van der Waals surface area contributed by atoms with Crippen molar-refractivity contribution in [3.63, 3.8) is 0 Å². The summed E-state index contributed by atoms with van der Waals surface area (Å²) in [6.45, 7) is 3.81. The summed E-state index contributed by atoms with van der Waals surface area (Å²) in [6.07, 6.45) is 2.18. The summed E-state index contributed by atoms with van der Waals surface area (Å²) in [4.78, 5) is 2.51. The second kappa shape index (κ2) is 6.22. The molecule has 1 fully saturated rings. The SMILES string of the molecule is Cc1cc(S(=O)(=O)NCC2CCCN2C)ccc1CN. The van der Waals surface area contributed by atoms with E-state index in [9.17, 15) is 8.42 Å². The number of sulfonamides is 1. The molecule has 0 bridgehead atoms. The van der Waals surface area contributed by atoms with Gasteiger partial charge in [0, 0.05) is 19.1 Å². The lowest BCUT2D eigenvalue weighted by molar-refractivity contribution is 0.311. The number of likely N-dealkylation sites (N-methyl/N-ethyl adjacent to an activating group) is 1. The van der Waals surface area contributed by atoms with Crippen LogP contribution in [0.1, 0.15) is 24.0 Å². The summed E-state index contributed by atoms with van der Waals surface area (Å²) in [5.74, 6) is 0. The van der Waals surface area contributed by atoms with Crippen molar-refractivity contribution in [3.8, 4) is 0 Å². The van der Waals surface area contributed by atoms with E-state index < -0.39 is 10.0 Å². The highest BCUT2D eigenvalue weighted by atomic mass is 32.2. The van der Waals surface area contributed by atoms with Crippen LogP contribution in [-0.2, 0) is 16.6 Å². The minimum Gasteiger partial charge on any atom is -0.326 e. The smallest absolute Gasteiger partial charge is 0.240 e. The van der Waals surface area contributed by atoms with Gasteiger partial charge in [0.25, 0.3) is 0 Å². The Morgan fingerprint density at radius 1 is 1.45 bits per heavy atom. The lowest BCUT2D eigenvalue weighted by Gasteiger charge is -2.19. The van der Waals surface area contributed by atoms with Gasteiger partial charge in [0.2, 0.25) is 10.0 Å². The molecule has 0 saturated carbocycles. The van der Waals surface area contributed by atoms with Crippen molar-refractivity contribution in [2.45, 2.75) is 37.2 Å². The van der Waals surface area contributed by atoms with Crippen molar-refractivity contribution < 1.29 is 8.42 Å². The molecule has 0 aliphatic carbocycles. The van der Waals surface area contributed by atoms with Crippen molar-refractivity contribution in [2.24, 2.45) is 5.73 Å². The van der Waals surface area contributed by atoms with Crippen LogP contribution in [0, 0.1) is 6.92 Å². The maximum absolute atomic E-state index is 12.3. The van der Waals surface area contributed by atoms with Gasteiger partial charge in [0.1, 0.15) is 0 Å². The fourth-order valence-corrected chi connectivity index (χ4v) is 3.75. The second-order valence-corrected chi connectivity index (χ2v) is 7.19. The molecule has 0 amide bonds. The normalized spacial score (nSPS) is 20.4. The molecule has 0 spiro atoms. The predicted octanol–water partition coefficient (Wildman–Crippen LogP) is 0.826. The molecule has 0 aromatic heterocycles. The monoisotopic (exact) mass is 297 g/mol. The Hall–Kier alpha value is -0.950. The number of hydrogen-bond acceptors (Lipinski definition) is 4. The first-order valence-corrected chi connectivity index (χ1v) is 8.42. The van der Waals surface area contributed by atoms with Gasteiger partial charge in [-0.2, -0.15) is 0 Å². The zero-order valence-electron chi connectivity index (χ0n) is 12.1. The number of hydrogen-bond donors (Lipinski definition) is 2. The number of nitrogens with one attached hydrogen (secondary N) is 1. The molecule has 1 aliphatic rings. The van der Waals surface area contributed by atoms with E-state index in [1.54, 1.807) is 18.2 Å². The third kappa shape index (κ3) is 3.38. The molecule has 1 heterocycles. The van der Waals surface area contributed by atoms with E-state index in [4.69, 9.17) is 5.73 Å². The molecule has 0 radical (unpaired) electrons. The van der Waals surface area contributed by atoms with Crippen LogP contribution in [0.3, 0.4) is 0 Å². The Labute approximate surface area is 121 Å². The highest BCUT2D eigenvalue weighted by Crippen LogP contribution is 2.17. The van der Waals surface area contributed by atoms with Gasteiger partial charge in [-0.05, 0) is 56.6 Å². The first-order chi connectivity index (χ1) is 9.44. The van der Waals surface area contributed by atoms with Crippen molar-refractivity contribution >= 4 is 10.0 Å². The van der Waals surface area contributed by atoms with E-state index >= 15 is 0 Å². The summed E-state index contributed by atoms with van der Waals surface area (Å²) in [5.41, 5.74) is 7.48. The summed E-state index contributed by atoms with van der Waals surface area (Å²) in [6, 6.07) is 5.39. The largest absolute Gasteiger partial charge is 0.326 e. The summed E-state index contributed by atoms with van der Waals surface area (Å²) >= 11 is 0. The van der Waals surface area contributed by atoms with E-state index in [1.807, 2.05) is 14.0 Å². The highest BCUT2D eigenvalue weighted by molar-refractivity contribution is 7.89. The van der Waals surface area contributed by atoms with E-state index in [1.165, 1.54) is 0 Å². The Morgan fingerprint density at radius 2 is 2.20 bits per heavy atom. The van der Waals surface area contributed by atoms with Gasteiger partial charge in [-0.25, -0.2) is 13.1 Å². The number of aryl methyl sites for hydroxylation is 1. The highest BCUT2D eigenvalue weighted by Gasteiger charge is 2.23. The molecule has 112 valence electrons. The van der Waals surface area contributed by atoms with Crippen molar-refractivity contribution in [1.29, 1.82) is 0 Å². The van der Waals surface area contributed by atoms with Gasteiger partial charge in [-0.15, -0.1) is 0 Å². The minimum absolute atomic E-state index is 0.300. The molecule has 1 aromatic carbocycles. The fraction of sp³-hybridized carbons (Fsp3) is 0.571. The number of likely N-dealkylation sites (tertiary alicyclic amines) is 1. The molecule has 1 aromatic rings. The maximum Gasteiger partial charge on any atom is 0.240 e. The molecule has 1 saturated heterocycles. The summed E-state index contributed by atoms with van der Waals surface area (Å²) in [7, 11) is -1.40. The fourth-order valence-electron chi connectivity index (χ4n) is 2.59. The third-order valence-corrected chi connectivity index (χ3v) is 5.45. The van der Waals surface area contributed by atoms with Crippen LogP contribution in [0.2, 0.25) is 0 Å². The number of nitrogens with two attached hydrogens (primary N) is 1. The van der Waals surface area contributed by atoms with Crippen LogP contribution in [-0.4, -0.2) is 39.5 Å². The van der Waals surface area contributed by atoms with Crippen LogP contribution in [0.5, 0.6) is 0 Å². The van der Waals surface area contributed by atoms with Gasteiger partial charge >= 0.3 is 0 Å². The molecular formula is C14H23N3O2S. The number of nitrogens with zero attached hydrogens (tertiary/aromatic N) is 1. The molecule has 1 atom stereocenters. The molecule has 20 heavy (non-hydrogen) atoms. The minimum atomic E-state index is -3.44. The molecule has 2 rings (SSSR count). The Balaban J connectivity index is 2.08. The summed E-state index contributed by atoms with van der Waals surface area (Å²) in [5, 5.41) is 0. The quantitative estimate of drug-likeness (QED) is 0.844.